The van der Waals surface area contributed by atoms with Gasteiger partial charge in [0.15, 0.2) is 0 Å². The summed E-state index contributed by atoms with van der Waals surface area (Å²) in [5.41, 5.74) is 0. The third-order valence-electron chi connectivity index (χ3n) is 3.24. The van der Waals surface area contributed by atoms with Crippen molar-refractivity contribution in [2.24, 2.45) is 5.92 Å². The number of nitrogens with zero attached hydrogens (tertiary/aromatic N) is 1. The number of hydrogen-bond acceptors (Lipinski definition) is 1. The van der Waals surface area contributed by atoms with Crippen LogP contribution in [0.5, 0.6) is 0 Å². The van der Waals surface area contributed by atoms with Crippen molar-refractivity contribution in [3.8, 4) is 0 Å². The largest absolute Gasteiger partial charge is 0.349 e. The SMILES string of the molecule is CN(C)C(=O)CCC1CCCCCC1. The second-order valence-corrected chi connectivity index (χ2v) is 4.68. The van der Waals surface area contributed by atoms with E-state index in [1.165, 1.54) is 38.5 Å². The molecule has 0 aromatic heterocycles. The van der Waals surface area contributed by atoms with Crippen LogP contribution in [0.3, 0.4) is 0 Å². The van der Waals surface area contributed by atoms with Crippen LogP contribution in [0.15, 0.2) is 0 Å². The van der Waals surface area contributed by atoms with Gasteiger partial charge in [0.1, 0.15) is 0 Å². The van der Waals surface area contributed by atoms with Gasteiger partial charge in [0, 0.05) is 20.5 Å². The summed E-state index contributed by atoms with van der Waals surface area (Å²) in [4.78, 5) is 13.1. The van der Waals surface area contributed by atoms with E-state index in [1.54, 1.807) is 4.90 Å². The Bertz CT molecular complexity index is 169. The summed E-state index contributed by atoms with van der Waals surface area (Å²) in [6.07, 6.45) is 10.1. The Morgan fingerprint density at radius 1 is 1.14 bits per heavy atom. The molecule has 0 N–H and O–H groups in total. The fourth-order valence-electron chi connectivity index (χ4n) is 2.20. The lowest BCUT2D eigenvalue weighted by molar-refractivity contribution is -0.129. The maximum Gasteiger partial charge on any atom is 0.222 e. The van der Waals surface area contributed by atoms with Crippen LogP contribution in [-0.2, 0) is 4.79 Å². The monoisotopic (exact) mass is 197 g/mol. The van der Waals surface area contributed by atoms with E-state index < -0.39 is 0 Å². The lowest BCUT2D eigenvalue weighted by Gasteiger charge is -2.15. The summed E-state index contributed by atoms with van der Waals surface area (Å²) in [7, 11) is 3.69. The van der Waals surface area contributed by atoms with Gasteiger partial charge in [-0.2, -0.15) is 0 Å². The van der Waals surface area contributed by atoms with Crippen LogP contribution in [0.25, 0.3) is 0 Å². The van der Waals surface area contributed by atoms with E-state index in [9.17, 15) is 4.79 Å². The molecule has 0 aromatic carbocycles. The summed E-state index contributed by atoms with van der Waals surface area (Å²) < 4.78 is 0. The zero-order valence-electron chi connectivity index (χ0n) is 9.59. The summed E-state index contributed by atoms with van der Waals surface area (Å²) in [6, 6.07) is 0. The fraction of sp³-hybridized carbons (Fsp3) is 0.917. The average Bonchev–Trinajstić information content (AvgIpc) is 2.42. The van der Waals surface area contributed by atoms with Crippen LogP contribution in [0, 0.1) is 5.92 Å². The van der Waals surface area contributed by atoms with Crippen molar-refractivity contribution in [1.29, 1.82) is 0 Å². The van der Waals surface area contributed by atoms with Crippen molar-refractivity contribution >= 4 is 5.91 Å². The third-order valence-corrected chi connectivity index (χ3v) is 3.24. The fourth-order valence-corrected chi connectivity index (χ4v) is 2.20. The van der Waals surface area contributed by atoms with Crippen LogP contribution in [0.2, 0.25) is 0 Å². The molecule has 1 amide bonds. The van der Waals surface area contributed by atoms with E-state index in [-0.39, 0.29) is 5.91 Å². The van der Waals surface area contributed by atoms with Gasteiger partial charge in [0.05, 0.1) is 0 Å². The van der Waals surface area contributed by atoms with Crippen molar-refractivity contribution in [3.63, 3.8) is 0 Å². The summed E-state index contributed by atoms with van der Waals surface area (Å²) in [6.45, 7) is 0. The molecule has 0 spiro atoms. The zero-order valence-corrected chi connectivity index (χ0v) is 9.59. The highest BCUT2D eigenvalue weighted by Gasteiger charge is 2.14. The molecule has 0 aliphatic heterocycles. The van der Waals surface area contributed by atoms with Gasteiger partial charge in [-0.1, -0.05) is 38.5 Å². The van der Waals surface area contributed by atoms with Gasteiger partial charge >= 0.3 is 0 Å². The molecule has 0 heterocycles. The molecule has 0 aromatic rings. The van der Waals surface area contributed by atoms with Gasteiger partial charge in [0.2, 0.25) is 5.91 Å². The molecule has 1 fully saturated rings. The molecule has 0 radical (unpaired) electrons. The summed E-state index contributed by atoms with van der Waals surface area (Å²) >= 11 is 0. The molecule has 0 atom stereocenters. The predicted molar refractivity (Wildman–Crippen MR) is 59.1 cm³/mol. The highest BCUT2D eigenvalue weighted by molar-refractivity contribution is 5.75. The Morgan fingerprint density at radius 2 is 1.71 bits per heavy atom. The maximum atomic E-state index is 11.4. The van der Waals surface area contributed by atoms with Crippen molar-refractivity contribution < 1.29 is 4.79 Å². The Hall–Kier alpha value is -0.530. The molecule has 82 valence electrons. The first-order valence-corrected chi connectivity index (χ1v) is 5.90. The Labute approximate surface area is 87.7 Å². The lowest BCUT2D eigenvalue weighted by Crippen LogP contribution is -2.22. The number of hydrogen-bond donors (Lipinski definition) is 0. The van der Waals surface area contributed by atoms with E-state index in [4.69, 9.17) is 0 Å². The van der Waals surface area contributed by atoms with Gasteiger partial charge in [0.25, 0.3) is 0 Å². The molecule has 0 unspecified atom stereocenters. The minimum atomic E-state index is 0.286. The van der Waals surface area contributed by atoms with E-state index in [2.05, 4.69) is 0 Å². The molecule has 0 bridgehead atoms. The van der Waals surface area contributed by atoms with E-state index >= 15 is 0 Å². The maximum absolute atomic E-state index is 11.4. The third kappa shape index (κ3) is 4.12. The number of carbonyl (C=O) groups is 1. The van der Waals surface area contributed by atoms with Crippen LogP contribution in [0.1, 0.15) is 51.4 Å². The van der Waals surface area contributed by atoms with Crippen molar-refractivity contribution in [2.45, 2.75) is 51.4 Å². The molecular formula is C12H23NO. The van der Waals surface area contributed by atoms with Gasteiger partial charge in [-0.25, -0.2) is 0 Å². The molecule has 1 rings (SSSR count). The van der Waals surface area contributed by atoms with Gasteiger partial charge in [-0.15, -0.1) is 0 Å². The summed E-state index contributed by atoms with van der Waals surface area (Å²) in [5, 5.41) is 0. The molecule has 2 nitrogen and oxygen atoms in total. The molecular weight excluding hydrogens is 174 g/mol. The molecule has 1 saturated carbocycles. The molecule has 1 aliphatic rings. The number of rotatable bonds is 3. The van der Waals surface area contributed by atoms with Crippen LogP contribution >= 0.6 is 0 Å². The molecule has 0 saturated heterocycles. The highest BCUT2D eigenvalue weighted by Crippen LogP contribution is 2.26. The Kier molecular flexibility index (Phi) is 4.99. The van der Waals surface area contributed by atoms with Gasteiger partial charge in [-0.3, -0.25) is 4.79 Å². The van der Waals surface area contributed by atoms with Crippen LogP contribution in [0.4, 0.5) is 0 Å². The average molecular weight is 197 g/mol. The number of amides is 1. The van der Waals surface area contributed by atoms with Crippen molar-refractivity contribution in [1.82, 2.24) is 4.90 Å². The Morgan fingerprint density at radius 3 is 2.21 bits per heavy atom. The lowest BCUT2D eigenvalue weighted by atomic mass is 9.95. The van der Waals surface area contributed by atoms with Gasteiger partial charge < -0.3 is 4.90 Å². The second kappa shape index (κ2) is 6.05. The van der Waals surface area contributed by atoms with Crippen molar-refractivity contribution in [2.75, 3.05) is 14.1 Å². The predicted octanol–water partition coefficient (Wildman–Crippen LogP) is 2.83. The van der Waals surface area contributed by atoms with Gasteiger partial charge in [-0.05, 0) is 12.3 Å². The van der Waals surface area contributed by atoms with Crippen LogP contribution < -0.4 is 0 Å². The normalized spacial score (nSPS) is 19.0. The first-order valence-electron chi connectivity index (χ1n) is 5.90. The molecule has 2 heteroatoms. The first-order chi connectivity index (χ1) is 6.70. The Balaban J connectivity index is 2.19. The standard InChI is InChI=1S/C12H23NO/c1-13(2)12(14)10-9-11-7-5-3-4-6-8-11/h11H,3-10H2,1-2H3. The minimum Gasteiger partial charge on any atom is -0.349 e. The van der Waals surface area contributed by atoms with E-state index in [1.807, 2.05) is 14.1 Å². The topological polar surface area (TPSA) is 20.3 Å². The molecule has 14 heavy (non-hydrogen) atoms. The first kappa shape index (κ1) is 11.5. The second-order valence-electron chi connectivity index (χ2n) is 4.68. The van der Waals surface area contributed by atoms with E-state index in [0.29, 0.717) is 0 Å². The minimum absolute atomic E-state index is 0.286. The molecule has 1 aliphatic carbocycles. The van der Waals surface area contributed by atoms with Crippen molar-refractivity contribution in [3.05, 3.63) is 0 Å². The summed E-state index contributed by atoms with van der Waals surface area (Å²) in [5.74, 6) is 1.11. The zero-order chi connectivity index (χ0) is 10.4. The smallest absolute Gasteiger partial charge is 0.222 e. The quantitative estimate of drug-likeness (QED) is 0.637. The number of carbonyl (C=O) groups excluding carboxylic acids is 1. The highest BCUT2D eigenvalue weighted by atomic mass is 16.2. The van der Waals surface area contributed by atoms with Crippen LogP contribution in [-0.4, -0.2) is 24.9 Å². The van der Waals surface area contributed by atoms with E-state index in [0.717, 1.165) is 18.8 Å².